The fourth-order valence-electron chi connectivity index (χ4n) is 2.81. The fourth-order valence-corrected chi connectivity index (χ4v) is 2.81. The molecular formula is C13H16N2O2. The topological polar surface area (TPSA) is 66.6 Å². The Kier molecular flexibility index (Phi) is 2.42. The lowest BCUT2D eigenvalue weighted by Crippen LogP contribution is -2.32. The molecule has 4 heteroatoms. The van der Waals surface area contributed by atoms with Crippen molar-refractivity contribution in [3.63, 3.8) is 0 Å². The largest absolute Gasteiger partial charge is 0.387 e. The fraction of sp³-hybridized carbons (Fsp3) is 0.462. The number of aliphatic hydroxyl groups excluding tert-OH is 1. The molecule has 1 aromatic carbocycles. The van der Waals surface area contributed by atoms with E-state index in [9.17, 15) is 9.90 Å². The first-order valence-electron chi connectivity index (χ1n) is 6.05. The van der Waals surface area contributed by atoms with Crippen molar-refractivity contribution in [2.24, 2.45) is 5.73 Å². The molecular weight excluding hydrogens is 216 g/mol. The SMILES string of the molecule is NCC(O)c1cc2c3c(c1)CCN3C(=O)CC2. The highest BCUT2D eigenvalue weighted by atomic mass is 16.3. The van der Waals surface area contributed by atoms with Crippen molar-refractivity contribution in [1.82, 2.24) is 0 Å². The number of carbonyl (C=O) groups excluding carboxylic acids is 1. The molecule has 3 N–H and O–H groups in total. The van der Waals surface area contributed by atoms with Crippen LogP contribution in [0.1, 0.15) is 29.2 Å². The summed E-state index contributed by atoms with van der Waals surface area (Å²) in [6.07, 6.45) is 1.65. The van der Waals surface area contributed by atoms with Crippen molar-refractivity contribution in [3.05, 3.63) is 28.8 Å². The standard InChI is InChI=1S/C13H16N2O2/c14-7-11(16)10-5-8-1-2-12(17)15-4-3-9(6-10)13(8)15/h5-6,11,16H,1-4,7,14H2. The van der Waals surface area contributed by atoms with Gasteiger partial charge in [-0.15, -0.1) is 0 Å². The molecule has 0 radical (unpaired) electrons. The van der Waals surface area contributed by atoms with Gasteiger partial charge in [-0.3, -0.25) is 4.79 Å². The van der Waals surface area contributed by atoms with E-state index in [2.05, 4.69) is 0 Å². The number of aryl methyl sites for hydroxylation is 1. The van der Waals surface area contributed by atoms with Crippen LogP contribution in [-0.4, -0.2) is 24.1 Å². The number of hydrogen-bond donors (Lipinski definition) is 2. The first-order valence-corrected chi connectivity index (χ1v) is 6.05. The van der Waals surface area contributed by atoms with Crippen molar-refractivity contribution in [2.75, 3.05) is 18.0 Å². The molecule has 2 aliphatic heterocycles. The molecule has 1 aromatic rings. The third-order valence-electron chi connectivity index (χ3n) is 3.68. The number of anilines is 1. The second-order valence-electron chi connectivity index (χ2n) is 4.73. The van der Waals surface area contributed by atoms with Gasteiger partial charge in [0.2, 0.25) is 5.91 Å². The molecule has 1 atom stereocenters. The van der Waals surface area contributed by atoms with Crippen molar-refractivity contribution < 1.29 is 9.90 Å². The minimum Gasteiger partial charge on any atom is -0.387 e. The lowest BCUT2D eigenvalue weighted by Gasteiger charge is -2.26. The minimum atomic E-state index is -0.594. The second-order valence-corrected chi connectivity index (χ2v) is 4.73. The molecule has 0 aliphatic carbocycles. The van der Waals surface area contributed by atoms with Crippen LogP contribution < -0.4 is 10.6 Å². The van der Waals surface area contributed by atoms with Crippen molar-refractivity contribution in [2.45, 2.75) is 25.4 Å². The van der Waals surface area contributed by atoms with E-state index in [-0.39, 0.29) is 12.5 Å². The number of aliphatic hydroxyl groups is 1. The molecule has 0 aromatic heterocycles. The van der Waals surface area contributed by atoms with E-state index in [4.69, 9.17) is 5.73 Å². The Morgan fingerprint density at radius 2 is 2.00 bits per heavy atom. The predicted molar refractivity (Wildman–Crippen MR) is 64.8 cm³/mol. The second kappa shape index (κ2) is 3.82. The van der Waals surface area contributed by atoms with Gasteiger partial charge in [-0.25, -0.2) is 0 Å². The van der Waals surface area contributed by atoms with Crippen LogP contribution in [0.15, 0.2) is 12.1 Å². The summed E-state index contributed by atoms with van der Waals surface area (Å²) in [5.74, 6) is 0.225. The van der Waals surface area contributed by atoms with E-state index >= 15 is 0 Å². The summed E-state index contributed by atoms with van der Waals surface area (Å²) in [4.78, 5) is 13.6. The predicted octanol–water partition coefficient (Wildman–Crippen LogP) is 0.514. The number of amides is 1. The maximum Gasteiger partial charge on any atom is 0.227 e. The van der Waals surface area contributed by atoms with Crippen LogP contribution in [0.5, 0.6) is 0 Å². The lowest BCUT2D eigenvalue weighted by molar-refractivity contribution is -0.118. The molecule has 1 unspecified atom stereocenters. The van der Waals surface area contributed by atoms with E-state index in [1.807, 2.05) is 17.0 Å². The third kappa shape index (κ3) is 1.56. The molecule has 0 saturated heterocycles. The third-order valence-corrected chi connectivity index (χ3v) is 3.68. The quantitative estimate of drug-likeness (QED) is 0.781. The van der Waals surface area contributed by atoms with Gasteiger partial charge in [0.05, 0.1) is 11.8 Å². The molecule has 0 bridgehead atoms. The van der Waals surface area contributed by atoms with E-state index in [1.165, 1.54) is 11.1 Å². The van der Waals surface area contributed by atoms with E-state index in [0.717, 1.165) is 30.6 Å². The summed E-state index contributed by atoms with van der Waals surface area (Å²) in [6.45, 7) is 1.02. The van der Waals surface area contributed by atoms with Gasteiger partial charge < -0.3 is 15.7 Å². The van der Waals surface area contributed by atoms with Crippen LogP contribution in [0.2, 0.25) is 0 Å². The zero-order valence-electron chi connectivity index (χ0n) is 9.65. The van der Waals surface area contributed by atoms with E-state index in [0.29, 0.717) is 6.42 Å². The Hall–Kier alpha value is -1.39. The summed E-state index contributed by atoms with van der Waals surface area (Å²) in [5.41, 5.74) is 9.83. The van der Waals surface area contributed by atoms with Crippen LogP contribution in [0.4, 0.5) is 5.69 Å². The van der Waals surface area contributed by atoms with Gasteiger partial charge in [0.25, 0.3) is 0 Å². The summed E-state index contributed by atoms with van der Waals surface area (Å²) >= 11 is 0. The number of hydrogen-bond acceptors (Lipinski definition) is 3. The van der Waals surface area contributed by atoms with E-state index in [1.54, 1.807) is 0 Å². The normalized spacial score (nSPS) is 19.4. The van der Waals surface area contributed by atoms with Crippen LogP contribution in [0.3, 0.4) is 0 Å². The molecule has 90 valence electrons. The molecule has 0 fully saturated rings. The smallest absolute Gasteiger partial charge is 0.227 e. The Morgan fingerprint density at radius 3 is 2.71 bits per heavy atom. The summed E-state index contributed by atoms with van der Waals surface area (Å²) < 4.78 is 0. The van der Waals surface area contributed by atoms with Gasteiger partial charge in [-0.05, 0) is 29.5 Å². The Bertz CT molecular complexity index is 485. The van der Waals surface area contributed by atoms with Crippen LogP contribution >= 0.6 is 0 Å². The van der Waals surface area contributed by atoms with Crippen LogP contribution in [0.25, 0.3) is 0 Å². The summed E-state index contributed by atoms with van der Waals surface area (Å²) in [7, 11) is 0. The highest BCUT2D eigenvalue weighted by Crippen LogP contribution is 2.38. The number of nitrogens with zero attached hydrogens (tertiary/aromatic N) is 1. The van der Waals surface area contributed by atoms with Gasteiger partial charge in [-0.1, -0.05) is 12.1 Å². The van der Waals surface area contributed by atoms with Gasteiger partial charge in [-0.2, -0.15) is 0 Å². The maximum absolute atomic E-state index is 11.8. The molecule has 2 heterocycles. The minimum absolute atomic E-state index is 0.225. The number of nitrogens with two attached hydrogens (primary N) is 1. The molecule has 2 aliphatic rings. The van der Waals surface area contributed by atoms with Gasteiger partial charge in [0.1, 0.15) is 0 Å². The molecule has 0 spiro atoms. The first-order chi connectivity index (χ1) is 8.20. The van der Waals surface area contributed by atoms with Crippen molar-refractivity contribution in [1.29, 1.82) is 0 Å². The molecule has 17 heavy (non-hydrogen) atoms. The zero-order chi connectivity index (χ0) is 12.0. The van der Waals surface area contributed by atoms with Crippen LogP contribution in [-0.2, 0) is 17.6 Å². The molecule has 4 nitrogen and oxygen atoms in total. The van der Waals surface area contributed by atoms with Gasteiger partial charge in [0, 0.05) is 19.5 Å². The van der Waals surface area contributed by atoms with E-state index < -0.39 is 6.10 Å². The Balaban J connectivity index is 2.10. The number of rotatable bonds is 2. The average Bonchev–Trinajstić information content (AvgIpc) is 2.78. The van der Waals surface area contributed by atoms with Gasteiger partial charge >= 0.3 is 0 Å². The van der Waals surface area contributed by atoms with Crippen LogP contribution in [0, 0.1) is 0 Å². The summed E-state index contributed by atoms with van der Waals surface area (Å²) in [5, 5.41) is 9.81. The van der Waals surface area contributed by atoms with Gasteiger partial charge in [0.15, 0.2) is 0 Å². The highest BCUT2D eigenvalue weighted by Gasteiger charge is 2.31. The monoisotopic (exact) mass is 232 g/mol. The lowest BCUT2D eigenvalue weighted by atomic mass is 9.95. The highest BCUT2D eigenvalue weighted by molar-refractivity contribution is 5.98. The zero-order valence-corrected chi connectivity index (χ0v) is 9.65. The Labute approximate surface area is 100 Å². The first kappa shape index (κ1) is 10.7. The number of carbonyl (C=O) groups is 1. The Morgan fingerprint density at radius 1 is 1.29 bits per heavy atom. The van der Waals surface area contributed by atoms with Crippen molar-refractivity contribution in [3.8, 4) is 0 Å². The average molecular weight is 232 g/mol. The summed E-state index contributed by atoms with van der Waals surface area (Å²) in [6, 6.07) is 4.00. The molecule has 3 rings (SSSR count). The molecule has 0 saturated carbocycles. The maximum atomic E-state index is 11.8. The molecule has 1 amide bonds. The van der Waals surface area contributed by atoms with Crippen molar-refractivity contribution >= 4 is 11.6 Å². The number of benzene rings is 1.